The molecule has 0 bridgehead atoms. The van der Waals surface area contributed by atoms with Crippen molar-refractivity contribution >= 4 is 39.1 Å². The van der Waals surface area contributed by atoms with Crippen molar-refractivity contribution in [2.24, 2.45) is 0 Å². The van der Waals surface area contributed by atoms with Crippen molar-refractivity contribution in [2.45, 2.75) is 31.6 Å². The molecule has 0 aliphatic carbocycles. The summed E-state index contributed by atoms with van der Waals surface area (Å²) in [5.74, 6) is -0.750. The maximum atomic E-state index is 14.4. The number of halogens is 4. The summed E-state index contributed by atoms with van der Waals surface area (Å²) in [5.41, 5.74) is 0.487. The first-order chi connectivity index (χ1) is 11.0. The fourth-order valence-electron chi connectivity index (χ4n) is 2.58. The summed E-state index contributed by atoms with van der Waals surface area (Å²) in [4.78, 5) is 0. The van der Waals surface area contributed by atoms with E-state index in [1.54, 1.807) is 10.9 Å². The fourth-order valence-corrected chi connectivity index (χ4v) is 3.68. The van der Waals surface area contributed by atoms with Crippen molar-refractivity contribution < 1.29 is 14.2 Å². The Hall–Kier alpha value is -0.660. The van der Waals surface area contributed by atoms with Gasteiger partial charge in [0.2, 0.25) is 0 Å². The molecule has 8 heteroatoms. The number of rotatable bonds is 3. The monoisotopic (exact) mass is 422 g/mol. The largest absolute Gasteiger partial charge is 0.383 e. The molecule has 0 radical (unpaired) electrons. The van der Waals surface area contributed by atoms with E-state index < -0.39 is 11.9 Å². The van der Waals surface area contributed by atoms with Gasteiger partial charge in [0, 0.05) is 28.4 Å². The molecule has 2 aromatic rings. The van der Waals surface area contributed by atoms with Crippen LogP contribution in [-0.4, -0.2) is 21.5 Å². The SMILES string of the molecule is OC(c1cnn(C2CCCCO2)c1)c1c(Br)cc(Cl)c(Cl)c1F. The number of aliphatic hydroxyl groups is 1. The molecule has 2 heterocycles. The van der Waals surface area contributed by atoms with Gasteiger partial charge < -0.3 is 9.84 Å². The number of hydrogen-bond acceptors (Lipinski definition) is 3. The van der Waals surface area contributed by atoms with Gasteiger partial charge in [-0.3, -0.25) is 0 Å². The van der Waals surface area contributed by atoms with E-state index in [0.29, 0.717) is 16.6 Å². The zero-order valence-corrected chi connectivity index (χ0v) is 15.1. The number of aliphatic hydroxyl groups excluding tert-OH is 1. The standard InChI is InChI=1S/C15H14BrCl2FN2O2/c16-9-5-10(17)13(18)14(19)12(9)15(22)8-6-20-21(7-8)11-3-1-2-4-23-11/h5-7,11,15,22H,1-4H2. The van der Waals surface area contributed by atoms with E-state index in [-0.39, 0.29) is 21.8 Å². The molecule has 1 fully saturated rings. The van der Waals surface area contributed by atoms with Crippen LogP contribution in [0.2, 0.25) is 10.0 Å². The van der Waals surface area contributed by atoms with E-state index in [9.17, 15) is 9.50 Å². The van der Waals surface area contributed by atoms with E-state index >= 15 is 0 Å². The van der Waals surface area contributed by atoms with Crippen LogP contribution in [-0.2, 0) is 4.74 Å². The van der Waals surface area contributed by atoms with Crippen LogP contribution in [0.25, 0.3) is 0 Å². The van der Waals surface area contributed by atoms with Crippen molar-refractivity contribution in [1.82, 2.24) is 9.78 Å². The molecule has 1 N–H and O–H groups in total. The molecule has 1 aromatic carbocycles. The van der Waals surface area contributed by atoms with E-state index in [2.05, 4.69) is 21.0 Å². The van der Waals surface area contributed by atoms with Gasteiger partial charge in [-0.05, 0) is 25.3 Å². The average Bonchev–Trinajstić information content (AvgIpc) is 3.03. The van der Waals surface area contributed by atoms with E-state index in [4.69, 9.17) is 27.9 Å². The first-order valence-electron chi connectivity index (χ1n) is 7.15. The zero-order chi connectivity index (χ0) is 16.6. The van der Waals surface area contributed by atoms with Crippen molar-refractivity contribution in [3.8, 4) is 0 Å². The fraction of sp³-hybridized carbons (Fsp3) is 0.400. The van der Waals surface area contributed by atoms with Crippen LogP contribution in [0.4, 0.5) is 4.39 Å². The molecule has 0 amide bonds. The Morgan fingerprint density at radius 3 is 2.91 bits per heavy atom. The summed E-state index contributed by atoms with van der Waals surface area (Å²) < 4.78 is 22.0. The highest BCUT2D eigenvalue weighted by Gasteiger charge is 2.25. The molecule has 1 aliphatic rings. The molecule has 1 aromatic heterocycles. The normalized spacial score (nSPS) is 19.8. The second kappa shape index (κ2) is 7.07. The minimum Gasteiger partial charge on any atom is -0.383 e. The second-order valence-electron chi connectivity index (χ2n) is 5.36. The maximum Gasteiger partial charge on any atom is 0.150 e. The predicted molar refractivity (Wildman–Crippen MR) is 89.2 cm³/mol. The summed E-state index contributed by atoms with van der Waals surface area (Å²) in [5, 5.41) is 14.6. The maximum absolute atomic E-state index is 14.4. The summed E-state index contributed by atoms with van der Waals surface area (Å²) in [6, 6.07) is 1.46. The van der Waals surface area contributed by atoms with E-state index in [1.165, 1.54) is 12.3 Å². The molecule has 124 valence electrons. The van der Waals surface area contributed by atoms with Crippen LogP contribution >= 0.6 is 39.1 Å². The molecule has 1 aliphatic heterocycles. The summed E-state index contributed by atoms with van der Waals surface area (Å²) in [6.45, 7) is 0.690. The highest BCUT2D eigenvalue weighted by atomic mass is 79.9. The Labute approximate surface area is 151 Å². The smallest absolute Gasteiger partial charge is 0.150 e. The highest BCUT2D eigenvalue weighted by Crippen LogP contribution is 2.38. The molecule has 2 unspecified atom stereocenters. The highest BCUT2D eigenvalue weighted by molar-refractivity contribution is 9.10. The molecule has 2 atom stereocenters. The minimum atomic E-state index is -1.21. The number of aromatic nitrogens is 2. The number of hydrogen-bond donors (Lipinski definition) is 1. The molecule has 3 rings (SSSR count). The van der Waals surface area contributed by atoms with Gasteiger partial charge in [0.05, 0.1) is 16.2 Å². The molecule has 23 heavy (non-hydrogen) atoms. The van der Waals surface area contributed by atoms with Crippen LogP contribution in [0.1, 0.15) is 42.7 Å². The van der Waals surface area contributed by atoms with Gasteiger partial charge in [0.25, 0.3) is 0 Å². The molecule has 0 spiro atoms. The Morgan fingerprint density at radius 2 is 2.22 bits per heavy atom. The number of ether oxygens (including phenoxy) is 1. The van der Waals surface area contributed by atoms with Gasteiger partial charge in [-0.25, -0.2) is 9.07 Å². The Kier molecular flexibility index (Phi) is 5.28. The average molecular weight is 424 g/mol. The summed E-state index contributed by atoms with van der Waals surface area (Å²) in [6.07, 6.45) is 4.77. The van der Waals surface area contributed by atoms with Crippen LogP contribution in [0.3, 0.4) is 0 Å². The Morgan fingerprint density at radius 1 is 1.43 bits per heavy atom. The number of benzene rings is 1. The molecular weight excluding hydrogens is 410 g/mol. The lowest BCUT2D eigenvalue weighted by Gasteiger charge is -2.22. The van der Waals surface area contributed by atoms with Crippen LogP contribution in [0, 0.1) is 5.82 Å². The quantitative estimate of drug-likeness (QED) is 0.565. The Balaban J connectivity index is 1.91. The third-order valence-electron chi connectivity index (χ3n) is 3.81. The summed E-state index contributed by atoms with van der Waals surface area (Å²) in [7, 11) is 0. The second-order valence-corrected chi connectivity index (χ2v) is 7.00. The predicted octanol–water partition coefficient (Wildman–Crippen LogP) is 4.87. The molecular formula is C15H14BrCl2FN2O2. The van der Waals surface area contributed by atoms with Crippen molar-refractivity contribution in [3.05, 3.63) is 49.9 Å². The molecule has 1 saturated heterocycles. The van der Waals surface area contributed by atoms with Gasteiger partial charge >= 0.3 is 0 Å². The zero-order valence-electron chi connectivity index (χ0n) is 12.0. The molecule has 4 nitrogen and oxygen atoms in total. The van der Waals surface area contributed by atoms with Crippen molar-refractivity contribution in [3.63, 3.8) is 0 Å². The van der Waals surface area contributed by atoms with Gasteiger partial charge in [0.1, 0.15) is 12.3 Å². The lowest BCUT2D eigenvalue weighted by atomic mass is 10.0. The van der Waals surface area contributed by atoms with Crippen molar-refractivity contribution in [1.29, 1.82) is 0 Å². The lowest BCUT2D eigenvalue weighted by molar-refractivity contribution is -0.0395. The molecule has 0 saturated carbocycles. The third-order valence-corrected chi connectivity index (χ3v) is 5.23. The van der Waals surface area contributed by atoms with E-state index in [1.807, 2.05) is 0 Å². The lowest BCUT2D eigenvalue weighted by Crippen LogP contribution is -2.18. The van der Waals surface area contributed by atoms with Crippen LogP contribution in [0.15, 0.2) is 22.9 Å². The van der Waals surface area contributed by atoms with Crippen molar-refractivity contribution in [2.75, 3.05) is 6.61 Å². The summed E-state index contributed by atoms with van der Waals surface area (Å²) >= 11 is 14.9. The topological polar surface area (TPSA) is 47.3 Å². The van der Waals surface area contributed by atoms with Gasteiger partial charge in [-0.2, -0.15) is 5.10 Å². The first kappa shape index (κ1) is 17.2. The van der Waals surface area contributed by atoms with E-state index in [0.717, 1.165) is 19.3 Å². The van der Waals surface area contributed by atoms with Crippen LogP contribution in [0.5, 0.6) is 0 Å². The first-order valence-corrected chi connectivity index (χ1v) is 8.70. The van der Waals surface area contributed by atoms with Gasteiger partial charge in [-0.15, -0.1) is 0 Å². The van der Waals surface area contributed by atoms with Gasteiger partial charge in [-0.1, -0.05) is 39.1 Å². The minimum absolute atomic E-state index is 0.0310. The number of nitrogens with zero attached hydrogens (tertiary/aromatic N) is 2. The third kappa shape index (κ3) is 3.42. The van der Waals surface area contributed by atoms with Gasteiger partial charge in [0.15, 0.2) is 5.82 Å². The Bertz CT molecular complexity index is 720. The van der Waals surface area contributed by atoms with Crippen LogP contribution < -0.4 is 0 Å².